The van der Waals surface area contributed by atoms with Crippen molar-refractivity contribution in [3.63, 3.8) is 0 Å². The summed E-state index contributed by atoms with van der Waals surface area (Å²) in [5, 5.41) is 15.6. The van der Waals surface area contributed by atoms with E-state index in [4.69, 9.17) is 5.73 Å². The van der Waals surface area contributed by atoms with Crippen molar-refractivity contribution >= 4 is 0 Å². The normalized spacial score (nSPS) is 10.7. The predicted molar refractivity (Wildman–Crippen MR) is 45.8 cm³/mol. The number of nitrogens with two attached hydrogens (primary N) is 1. The quantitative estimate of drug-likeness (QED) is 0.625. The molecule has 2 aromatic heterocycles. The number of tetrazole rings is 1. The Morgan fingerprint density at radius 2 is 2.36 bits per heavy atom. The zero-order valence-corrected chi connectivity index (χ0v) is 7.70. The molecule has 0 radical (unpaired) electrons. The van der Waals surface area contributed by atoms with Gasteiger partial charge in [0.1, 0.15) is 18.7 Å². The Bertz CT molecular complexity index is 415. The van der Waals surface area contributed by atoms with Gasteiger partial charge in [-0.3, -0.25) is 0 Å². The largest absolute Gasteiger partial charge is 0.324 e. The standard InChI is InChI=1S/C6H10N8/c1-13-11-5(10-12-13)3-14-6(2-7)8-4-9-14/h4H,2-3,7H2,1H3. The third kappa shape index (κ3) is 1.59. The fourth-order valence-corrected chi connectivity index (χ4v) is 1.10. The zero-order chi connectivity index (χ0) is 9.97. The van der Waals surface area contributed by atoms with E-state index in [1.807, 2.05) is 0 Å². The molecule has 2 N–H and O–H groups in total. The molecule has 0 aliphatic rings. The van der Waals surface area contributed by atoms with Crippen LogP contribution in [-0.2, 0) is 20.1 Å². The summed E-state index contributed by atoms with van der Waals surface area (Å²) in [5.41, 5.74) is 5.47. The van der Waals surface area contributed by atoms with Crippen LogP contribution in [-0.4, -0.2) is 35.0 Å². The van der Waals surface area contributed by atoms with E-state index in [0.717, 1.165) is 0 Å². The molecule has 0 spiro atoms. The van der Waals surface area contributed by atoms with Gasteiger partial charge >= 0.3 is 0 Å². The first-order valence-corrected chi connectivity index (χ1v) is 4.09. The van der Waals surface area contributed by atoms with E-state index in [2.05, 4.69) is 25.5 Å². The summed E-state index contributed by atoms with van der Waals surface area (Å²) in [6.45, 7) is 0.792. The lowest BCUT2D eigenvalue weighted by atomic mass is 10.5. The first kappa shape index (κ1) is 8.75. The molecule has 14 heavy (non-hydrogen) atoms. The van der Waals surface area contributed by atoms with Crippen LogP contribution in [0.2, 0.25) is 0 Å². The summed E-state index contributed by atoms with van der Waals surface area (Å²) in [6.07, 6.45) is 1.46. The van der Waals surface area contributed by atoms with Crippen LogP contribution in [0.1, 0.15) is 11.6 Å². The number of aromatic nitrogens is 7. The maximum Gasteiger partial charge on any atom is 0.196 e. The lowest BCUT2D eigenvalue weighted by molar-refractivity contribution is 0.601. The van der Waals surface area contributed by atoms with Gasteiger partial charge in [0.2, 0.25) is 0 Å². The molecule has 2 aromatic rings. The average Bonchev–Trinajstić information content (AvgIpc) is 2.76. The van der Waals surface area contributed by atoms with Gasteiger partial charge < -0.3 is 5.73 Å². The van der Waals surface area contributed by atoms with E-state index < -0.39 is 0 Å². The van der Waals surface area contributed by atoms with Crippen LogP contribution in [0.3, 0.4) is 0 Å². The van der Waals surface area contributed by atoms with Gasteiger partial charge in [-0.2, -0.15) is 9.90 Å². The van der Waals surface area contributed by atoms with Crippen molar-refractivity contribution in [1.29, 1.82) is 0 Å². The second kappa shape index (κ2) is 3.50. The minimum absolute atomic E-state index is 0.347. The second-order valence-corrected chi connectivity index (χ2v) is 2.73. The summed E-state index contributed by atoms with van der Waals surface area (Å²) < 4.78 is 1.65. The Hall–Kier alpha value is -1.83. The van der Waals surface area contributed by atoms with E-state index in [1.165, 1.54) is 11.1 Å². The van der Waals surface area contributed by atoms with Gasteiger partial charge in [-0.15, -0.1) is 10.2 Å². The van der Waals surface area contributed by atoms with Crippen molar-refractivity contribution in [1.82, 2.24) is 35.0 Å². The molecular formula is C6H10N8. The van der Waals surface area contributed by atoms with Crippen LogP contribution in [0.5, 0.6) is 0 Å². The van der Waals surface area contributed by atoms with Gasteiger partial charge in [0, 0.05) is 0 Å². The topological polar surface area (TPSA) is 100 Å². The second-order valence-electron chi connectivity index (χ2n) is 2.73. The molecule has 0 bridgehead atoms. The summed E-state index contributed by atoms with van der Waals surface area (Å²) in [5.74, 6) is 1.30. The van der Waals surface area contributed by atoms with Crippen LogP contribution in [0.15, 0.2) is 6.33 Å². The highest BCUT2D eigenvalue weighted by atomic mass is 15.6. The molecule has 0 fully saturated rings. The Balaban J connectivity index is 2.18. The van der Waals surface area contributed by atoms with Crippen LogP contribution in [0.4, 0.5) is 0 Å². The Morgan fingerprint density at radius 3 is 3.00 bits per heavy atom. The van der Waals surface area contributed by atoms with Crippen molar-refractivity contribution < 1.29 is 0 Å². The summed E-state index contributed by atoms with van der Waals surface area (Å²) >= 11 is 0. The third-order valence-corrected chi connectivity index (χ3v) is 1.72. The molecule has 0 saturated carbocycles. The first-order chi connectivity index (χ1) is 6.79. The van der Waals surface area contributed by atoms with Gasteiger partial charge in [-0.05, 0) is 5.21 Å². The maximum atomic E-state index is 5.47. The van der Waals surface area contributed by atoms with Crippen LogP contribution >= 0.6 is 0 Å². The monoisotopic (exact) mass is 194 g/mol. The number of hydrogen-bond donors (Lipinski definition) is 1. The predicted octanol–water partition coefficient (Wildman–Crippen LogP) is -1.69. The van der Waals surface area contributed by atoms with Gasteiger partial charge in [0.05, 0.1) is 13.6 Å². The minimum atomic E-state index is 0.347. The highest BCUT2D eigenvalue weighted by Crippen LogP contribution is 1.95. The number of hydrogen-bond acceptors (Lipinski definition) is 6. The van der Waals surface area contributed by atoms with Crippen LogP contribution in [0, 0.1) is 0 Å². The van der Waals surface area contributed by atoms with Gasteiger partial charge in [0.25, 0.3) is 0 Å². The lowest BCUT2D eigenvalue weighted by Crippen LogP contribution is -2.11. The minimum Gasteiger partial charge on any atom is -0.324 e. The first-order valence-electron chi connectivity index (χ1n) is 4.09. The molecule has 8 nitrogen and oxygen atoms in total. The van der Waals surface area contributed by atoms with E-state index >= 15 is 0 Å². The molecule has 0 saturated heterocycles. The molecule has 2 heterocycles. The van der Waals surface area contributed by atoms with Crippen molar-refractivity contribution in [3.05, 3.63) is 18.0 Å². The summed E-state index contributed by atoms with van der Waals surface area (Å²) in [7, 11) is 1.71. The number of nitrogens with zero attached hydrogens (tertiary/aromatic N) is 7. The SMILES string of the molecule is Cn1nnc(Cn2ncnc2CN)n1. The fraction of sp³-hybridized carbons (Fsp3) is 0.500. The number of aryl methyl sites for hydroxylation is 1. The van der Waals surface area contributed by atoms with E-state index in [9.17, 15) is 0 Å². The van der Waals surface area contributed by atoms with E-state index in [0.29, 0.717) is 24.7 Å². The molecule has 0 aliphatic carbocycles. The van der Waals surface area contributed by atoms with E-state index in [-0.39, 0.29) is 0 Å². The number of rotatable bonds is 3. The van der Waals surface area contributed by atoms with Crippen molar-refractivity contribution in [3.8, 4) is 0 Å². The smallest absolute Gasteiger partial charge is 0.196 e. The van der Waals surface area contributed by atoms with Gasteiger partial charge in [0.15, 0.2) is 5.82 Å². The Labute approximate surface area is 79.7 Å². The maximum absolute atomic E-state index is 5.47. The van der Waals surface area contributed by atoms with Crippen molar-refractivity contribution in [2.45, 2.75) is 13.1 Å². The highest BCUT2D eigenvalue weighted by molar-refractivity contribution is 4.87. The Kier molecular flexibility index (Phi) is 2.19. The summed E-state index contributed by atoms with van der Waals surface area (Å²) in [4.78, 5) is 5.38. The van der Waals surface area contributed by atoms with Gasteiger partial charge in [-0.25, -0.2) is 9.67 Å². The van der Waals surface area contributed by atoms with E-state index in [1.54, 1.807) is 11.7 Å². The van der Waals surface area contributed by atoms with Crippen LogP contribution in [0.25, 0.3) is 0 Å². The molecule has 0 unspecified atom stereocenters. The third-order valence-electron chi connectivity index (χ3n) is 1.72. The molecule has 0 aliphatic heterocycles. The van der Waals surface area contributed by atoms with Gasteiger partial charge in [-0.1, -0.05) is 0 Å². The summed E-state index contributed by atoms with van der Waals surface area (Å²) in [6, 6.07) is 0. The highest BCUT2D eigenvalue weighted by Gasteiger charge is 2.06. The zero-order valence-electron chi connectivity index (χ0n) is 7.70. The molecule has 0 aromatic carbocycles. The average molecular weight is 194 g/mol. The molecule has 0 atom stereocenters. The fourth-order valence-electron chi connectivity index (χ4n) is 1.10. The van der Waals surface area contributed by atoms with Crippen molar-refractivity contribution in [2.75, 3.05) is 0 Å². The molecule has 2 rings (SSSR count). The lowest BCUT2D eigenvalue weighted by Gasteiger charge is -1.99. The molecule has 8 heteroatoms. The molecule has 0 amide bonds. The van der Waals surface area contributed by atoms with Crippen molar-refractivity contribution in [2.24, 2.45) is 12.8 Å². The molecular weight excluding hydrogens is 184 g/mol. The Morgan fingerprint density at radius 1 is 1.50 bits per heavy atom. The molecule has 74 valence electrons. The van der Waals surface area contributed by atoms with Crippen LogP contribution < -0.4 is 5.73 Å².